The van der Waals surface area contributed by atoms with Gasteiger partial charge in [-0.1, -0.05) is 18.5 Å². The Morgan fingerprint density at radius 3 is 2.20 bits per heavy atom. The molecule has 3 nitrogen and oxygen atoms in total. The van der Waals surface area contributed by atoms with Crippen molar-refractivity contribution in [1.82, 2.24) is 0 Å². The summed E-state index contributed by atoms with van der Waals surface area (Å²) in [4.78, 5) is 0. The summed E-state index contributed by atoms with van der Waals surface area (Å²) < 4.78 is 12.0. The van der Waals surface area contributed by atoms with Crippen LogP contribution in [0.3, 0.4) is 0 Å². The maximum absolute atomic E-state index is 9.26. The summed E-state index contributed by atoms with van der Waals surface area (Å²) >= 11 is 6.27. The quantitative estimate of drug-likeness (QED) is 0.786. The molecule has 1 fully saturated rings. The highest BCUT2D eigenvalue weighted by Crippen LogP contribution is 2.36. The van der Waals surface area contributed by atoms with Crippen molar-refractivity contribution in [3.05, 3.63) is 28.3 Å². The molecule has 0 unspecified atom stereocenters. The molecule has 0 saturated carbocycles. The third-order valence-electron chi connectivity index (χ3n) is 4.22. The van der Waals surface area contributed by atoms with Gasteiger partial charge in [-0.3, -0.25) is 0 Å². The molecule has 106 valence electrons. The smallest absolute Gasteiger partial charge is 0.399 e. The van der Waals surface area contributed by atoms with Gasteiger partial charge in [-0.05, 0) is 57.3 Å². The number of nitrogens with zero attached hydrogens (tertiary/aromatic N) is 1. The fourth-order valence-electron chi connectivity index (χ4n) is 2.23. The van der Waals surface area contributed by atoms with E-state index in [0.717, 1.165) is 17.4 Å². The lowest BCUT2D eigenvalue weighted by atomic mass is 9.77. The van der Waals surface area contributed by atoms with E-state index in [2.05, 4.69) is 6.07 Å². The molecule has 20 heavy (non-hydrogen) atoms. The average molecular weight is 292 g/mol. The first-order valence-electron chi connectivity index (χ1n) is 6.80. The van der Waals surface area contributed by atoms with Gasteiger partial charge in [0.15, 0.2) is 0 Å². The van der Waals surface area contributed by atoms with Crippen molar-refractivity contribution in [2.45, 2.75) is 52.2 Å². The first-order valence-corrected chi connectivity index (χ1v) is 7.17. The van der Waals surface area contributed by atoms with Crippen molar-refractivity contribution in [3.8, 4) is 6.07 Å². The zero-order chi connectivity index (χ0) is 15.1. The summed E-state index contributed by atoms with van der Waals surface area (Å²) in [6.45, 7) is 9.98. The van der Waals surface area contributed by atoms with Gasteiger partial charge in [0.2, 0.25) is 0 Å². The van der Waals surface area contributed by atoms with Gasteiger partial charge in [0, 0.05) is 5.02 Å². The summed E-state index contributed by atoms with van der Waals surface area (Å²) in [5, 5.41) is 9.85. The molecular weight excluding hydrogens is 272 g/mol. The Bertz CT molecular complexity index is 562. The lowest BCUT2D eigenvalue weighted by Crippen LogP contribution is -2.41. The van der Waals surface area contributed by atoms with Crippen molar-refractivity contribution >= 4 is 24.2 Å². The zero-order valence-corrected chi connectivity index (χ0v) is 13.3. The van der Waals surface area contributed by atoms with E-state index < -0.39 is 18.3 Å². The van der Waals surface area contributed by atoms with Gasteiger partial charge in [0.25, 0.3) is 0 Å². The van der Waals surface area contributed by atoms with Gasteiger partial charge in [-0.15, -0.1) is 0 Å². The Morgan fingerprint density at radius 1 is 1.20 bits per heavy atom. The lowest BCUT2D eigenvalue weighted by molar-refractivity contribution is 0.00578. The standard InChI is InChI=1S/C15H19BClNO2/c1-6-12-10(9-18)7-11(8-13(12)17)16-19-14(2,3)15(4,5)20-16/h7-8H,6H2,1-5H3. The third kappa shape index (κ3) is 2.46. The van der Waals surface area contributed by atoms with E-state index in [9.17, 15) is 5.26 Å². The van der Waals surface area contributed by atoms with Crippen LogP contribution in [0.25, 0.3) is 0 Å². The van der Waals surface area contributed by atoms with E-state index in [4.69, 9.17) is 20.9 Å². The number of rotatable bonds is 2. The van der Waals surface area contributed by atoms with Gasteiger partial charge in [-0.25, -0.2) is 0 Å². The largest absolute Gasteiger partial charge is 0.494 e. The molecular formula is C15H19BClNO2. The summed E-state index contributed by atoms with van der Waals surface area (Å²) in [6, 6.07) is 5.85. The Morgan fingerprint density at radius 2 is 1.75 bits per heavy atom. The number of hydrogen-bond donors (Lipinski definition) is 0. The summed E-state index contributed by atoms with van der Waals surface area (Å²) in [7, 11) is -0.490. The lowest BCUT2D eigenvalue weighted by Gasteiger charge is -2.32. The molecule has 2 rings (SSSR count). The molecule has 1 saturated heterocycles. The number of hydrogen-bond acceptors (Lipinski definition) is 3. The Hall–Kier alpha value is -1.02. The summed E-state index contributed by atoms with van der Waals surface area (Å²) in [6.07, 6.45) is 0.728. The highest BCUT2D eigenvalue weighted by molar-refractivity contribution is 6.62. The summed E-state index contributed by atoms with van der Waals surface area (Å²) in [5.41, 5.74) is 1.45. The molecule has 0 bridgehead atoms. The van der Waals surface area contributed by atoms with Gasteiger partial charge in [0.05, 0.1) is 22.8 Å². The minimum Gasteiger partial charge on any atom is -0.399 e. The van der Waals surface area contributed by atoms with Crippen LogP contribution in [0.5, 0.6) is 0 Å². The normalized spacial score (nSPS) is 19.9. The molecule has 1 aromatic carbocycles. The molecule has 0 aliphatic carbocycles. The Balaban J connectivity index is 2.42. The van der Waals surface area contributed by atoms with Crippen LogP contribution in [0.4, 0.5) is 0 Å². The maximum Gasteiger partial charge on any atom is 0.494 e. The van der Waals surface area contributed by atoms with E-state index in [-0.39, 0.29) is 0 Å². The number of halogens is 1. The van der Waals surface area contributed by atoms with E-state index in [0.29, 0.717) is 10.6 Å². The molecule has 1 aliphatic rings. The zero-order valence-electron chi connectivity index (χ0n) is 12.6. The van der Waals surface area contributed by atoms with Crippen molar-refractivity contribution < 1.29 is 9.31 Å². The van der Waals surface area contributed by atoms with Gasteiger partial charge in [0.1, 0.15) is 0 Å². The predicted octanol–water partition coefficient (Wildman–Crippen LogP) is 3.07. The SMILES string of the molecule is CCc1c(Cl)cc(B2OC(C)(C)C(C)(C)O2)cc1C#N. The second kappa shape index (κ2) is 5.07. The monoisotopic (exact) mass is 291 g/mol. The van der Waals surface area contributed by atoms with Crippen molar-refractivity contribution in [2.75, 3.05) is 0 Å². The van der Waals surface area contributed by atoms with Gasteiger partial charge < -0.3 is 9.31 Å². The van der Waals surface area contributed by atoms with E-state index in [1.807, 2.05) is 46.8 Å². The van der Waals surface area contributed by atoms with Gasteiger partial charge >= 0.3 is 7.12 Å². The van der Waals surface area contributed by atoms with Crippen LogP contribution in [0, 0.1) is 11.3 Å². The van der Waals surface area contributed by atoms with Crippen LogP contribution in [-0.4, -0.2) is 18.3 Å². The second-order valence-electron chi connectivity index (χ2n) is 6.08. The van der Waals surface area contributed by atoms with E-state index in [1.165, 1.54) is 0 Å². The van der Waals surface area contributed by atoms with E-state index in [1.54, 1.807) is 0 Å². The highest BCUT2D eigenvalue weighted by Gasteiger charge is 2.51. The minimum atomic E-state index is -0.490. The minimum absolute atomic E-state index is 0.402. The predicted molar refractivity (Wildman–Crippen MR) is 81.3 cm³/mol. The molecule has 1 aliphatic heterocycles. The molecule has 5 heteroatoms. The van der Waals surface area contributed by atoms with Crippen LogP contribution < -0.4 is 5.46 Å². The molecule has 0 amide bonds. The highest BCUT2D eigenvalue weighted by atomic mass is 35.5. The maximum atomic E-state index is 9.26. The number of benzene rings is 1. The number of nitriles is 1. The Kier molecular flexibility index (Phi) is 3.90. The first kappa shape index (κ1) is 15.4. The summed E-state index contributed by atoms with van der Waals surface area (Å²) in [5.74, 6) is 0. The topological polar surface area (TPSA) is 42.2 Å². The van der Waals surface area contributed by atoms with Crippen LogP contribution in [0.15, 0.2) is 12.1 Å². The molecule has 0 spiro atoms. The van der Waals surface area contributed by atoms with Gasteiger partial charge in [-0.2, -0.15) is 5.26 Å². The van der Waals surface area contributed by atoms with Crippen molar-refractivity contribution in [2.24, 2.45) is 0 Å². The average Bonchev–Trinajstić information content (AvgIpc) is 2.57. The van der Waals surface area contributed by atoms with Crippen LogP contribution in [-0.2, 0) is 15.7 Å². The van der Waals surface area contributed by atoms with Crippen LogP contribution >= 0.6 is 11.6 Å². The molecule has 0 radical (unpaired) electrons. The van der Waals surface area contributed by atoms with E-state index >= 15 is 0 Å². The van der Waals surface area contributed by atoms with Crippen LogP contribution in [0.1, 0.15) is 45.7 Å². The first-order chi connectivity index (χ1) is 9.21. The molecule has 0 atom stereocenters. The molecule has 1 heterocycles. The third-order valence-corrected chi connectivity index (χ3v) is 4.55. The molecule has 0 aromatic heterocycles. The fraction of sp³-hybridized carbons (Fsp3) is 0.533. The fourth-order valence-corrected chi connectivity index (χ4v) is 2.59. The second-order valence-corrected chi connectivity index (χ2v) is 6.49. The molecule has 0 N–H and O–H groups in total. The van der Waals surface area contributed by atoms with Crippen molar-refractivity contribution in [3.63, 3.8) is 0 Å². The Labute approximate surface area is 126 Å². The van der Waals surface area contributed by atoms with Crippen molar-refractivity contribution in [1.29, 1.82) is 5.26 Å². The molecule has 1 aromatic rings. The van der Waals surface area contributed by atoms with Crippen LogP contribution in [0.2, 0.25) is 5.02 Å².